The lowest BCUT2D eigenvalue weighted by Gasteiger charge is -2.15. The fraction of sp³-hybridized carbons (Fsp3) is 0.421. The zero-order valence-electron chi connectivity index (χ0n) is 14.5. The molecule has 4 rings (SSSR count). The van der Waals surface area contributed by atoms with Gasteiger partial charge < -0.3 is 10.0 Å². The first-order chi connectivity index (χ1) is 12.5. The molecule has 1 saturated heterocycles. The molecule has 0 saturated carbocycles. The van der Waals surface area contributed by atoms with Gasteiger partial charge in [-0.1, -0.05) is 6.92 Å². The van der Waals surface area contributed by atoms with Crippen LogP contribution in [0.1, 0.15) is 35.1 Å². The third-order valence-electron chi connectivity index (χ3n) is 5.42. The van der Waals surface area contributed by atoms with Crippen LogP contribution < -0.4 is 0 Å². The zero-order chi connectivity index (χ0) is 18.4. The molecule has 26 heavy (non-hydrogen) atoms. The Kier molecular flexibility index (Phi) is 4.01. The third-order valence-corrected chi connectivity index (χ3v) is 5.42. The summed E-state index contributed by atoms with van der Waals surface area (Å²) >= 11 is 0. The van der Waals surface area contributed by atoms with Gasteiger partial charge in [0.1, 0.15) is 5.82 Å². The molecule has 2 heterocycles. The van der Waals surface area contributed by atoms with Gasteiger partial charge in [-0.15, -0.1) is 0 Å². The highest BCUT2D eigenvalue weighted by atomic mass is 19.1. The average molecular weight is 357 g/mol. The molecule has 1 aliphatic carbocycles. The van der Waals surface area contributed by atoms with Crippen molar-refractivity contribution >= 4 is 11.9 Å². The number of likely N-dealkylation sites (tertiary alicyclic amines) is 1. The van der Waals surface area contributed by atoms with Crippen LogP contribution in [0.2, 0.25) is 0 Å². The van der Waals surface area contributed by atoms with Crippen molar-refractivity contribution in [1.82, 2.24) is 14.7 Å². The number of fused-ring (bicyclic) bond motifs is 1. The lowest BCUT2D eigenvalue weighted by atomic mass is 9.99. The fourth-order valence-corrected chi connectivity index (χ4v) is 4.01. The zero-order valence-corrected chi connectivity index (χ0v) is 14.5. The normalized spacial score (nSPS) is 21.8. The van der Waals surface area contributed by atoms with Gasteiger partial charge in [-0.3, -0.25) is 9.59 Å². The second kappa shape index (κ2) is 6.23. The van der Waals surface area contributed by atoms with Gasteiger partial charge in [-0.05, 0) is 49.4 Å². The topological polar surface area (TPSA) is 75.4 Å². The SMILES string of the molecule is C[C@@H]1CN(C(=O)c2nn(-c3ccc(F)cc3)c3c2CCC3)C[C@H]1C(=O)O. The summed E-state index contributed by atoms with van der Waals surface area (Å²) in [4.78, 5) is 25.9. The molecule has 136 valence electrons. The minimum atomic E-state index is -0.866. The van der Waals surface area contributed by atoms with E-state index in [-0.39, 0.29) is 24.2 Å². The Balaban J connectivity index is 1.67. The van der Waals surface area contributed by atoms with E-state index < -0.39 is 11.9 Å². The molecule has 1 aliphatic heterocycles. The van der Waals surface area contributed by atoms with Crippen molar-refractivity contribution in [3.63, 3.8) is 0 Å². The van der Waals surface area contributed by atoms with Gasteiger partial charge in [-0.2, -0.15) is 5.10 Å². The van der Waals surface area contributed by atoms with Crippen molar-refractivity contribution in [3.8, 4) is 5.69 Å². The predicted molar refractivity (Wildman–Crippen MR) is 91.7 cm³/mol. The van der Waals surface area contributed by atoms with Crippen molar-refractivity contribution < 1.29 is 19.1 Å². The number of carboxylic acid groups (broad SMARTS) is 1. The Morgan fingerprint density at radius 1 is 1.19 bits per heavy atom. The van der Waals surface area contributed by atoms with E-state index >= 15 is 0 Å². The number of benzene rings is 1. The molecule has 2 aromatic rings. The van der Waals surface area contributed by atoms with E-state index in [1.807, 2.05) is 6.92 Å². The highest BCUT2D eigenvalue weighted by Gasteiger charge is 2.39. The molecule has 2 aliphatic rings. The second-order valence-corrected chi connectivity index (χ2v) is 7.15. The summed E-state index contributed by atoms with van der Waals surface area (Å²) in [6.45, 7) is 2.50. The Hall–Kier alpha value is -2.70. The number of nitrogens with zero attached hydrogens (tertiary/aromatic N) is 3. The van der Waals surface area contributed by atoms with Crippen LogP contribution >= 0.6 is 0 Å². The first-order valence-corrected chi connectivity index (χ1v) is 8.84. The molecule has 2 atom stereocenters. The summed E-state index contributed by atoms with van der Waals surface area (Å²) in [5, 5.41) is 13.8. The lowest BCUT2D eigenvalue weighted by Crippen LogP contribution is -2.31. The molecule has 0 bridgehead atoms. The number of amides is 1. The van der Waals surface area contributed by atoms with Gasteiger partial charge >= 0.3 is 5.97 Å². The van der Waals surface area contributed by atoms with Crippen molar-refractivity contribution in [2.24, 2.45) is 11.8 Å². The highest BCUT2D eigenvalue weighted by molar-refractivity contribution is 5.95. The van der Waals surface area contributed by atoms with Crippen LogP contribution in [-0.4, -0.2) is 44.8 Å². The number of hydrogen-bond acceptors (Lipinski definition) is 3. The highest BCUT2D eigenvalue weighted by Crippen LogP contribution is 2.31. The molecule has 7 heteroatoms. The Morgan fingerprint density at radius 3 is 2.58 bits per heavy atom. The second-order valence-electron chi connectivity index (χ2n) is 7.15. The van der Waals surface area contributed by atoms with Gasteiger partial charge in [0, 0.05) is 24.3 Å². The first-order valence-electron chi connectivity index (χ1n) is 8.84. The number of carbonyl (C=O) groups excluding carboxylic acids is 1. The Morgan fingerprint density at radius 2 is 1.92 bits per heavy atom. The van der Waals surface area contributed by atoms with Gasteiger partial charge in [0.25, 0.3) is 5.91 Å². The molecule has 6 nitrogen and oxygen atoms in total. The quantitative estimate of drug-likeness (QED) is 0.915. The van der Waals surface area contributed by atoms with Crippen molar-refractivity contribution in [1.29, 1.82) is 0 Å². The van der Waals surface area contributed by atoms with E-state index in [9.17, 15) is 19.1 Å². The largest absolute Gasteiger partial charge is 0.481 e. The molecule has 0 radical (unpaired) electrons. The smallest absolute Gasteiger partial charge is 0.308 e. The van der Waals surface area contributed by atoms with E-state index in [2.05, 4.69) is 5.10 Å². The van der Waals surface area contributed by atoms with Crippen LogP contribution in [0.3, 0.4) is 0 Å². The molecule has 1 aromatic heterocycles. The average Bonchev–Trinajstić information content (AvgIpc) is 3.29. The van der Waals surface area contributed by atoms with Gasteiger partial charge in [0.2, 0.25) is 0 Å². The maximum absolute atomic E-state index is 13.2. The molecule has 0 unspecified atom stereocenters. The standard InChI is InChI=1S/C19H20FN3O3/c1-11-9-22(10-15(11)19(25)26)18(24)17-14-3-2-4-16(14)23(21-17)13-7-5-12(20)6-8-13/h5-8,11,15H,2-4,9-10H2,1H3,(H,25,26)/t11-,15-/m1/s1. The van der Waals surface area contributed by atoms with E-state index in [0.717, 1.165) is 36.2 Å². The van der Waals surface area contributed by atoms with E-state index in [0.29, 0.717) is 12.2 Å². The number of carbonyl (C=O) groups is 2. The minimum absolute atomic E-state index is 0.0799. The van der Waals surface area contributed by atoms with Crippen LogP contribution in [0.5, 0.6) is 0 Å². The number of rotatable bonds is 3. The van der Waals surface area contributed by atoms with Gasteiger partial charge in [0.05, 0.1) is 11.6 Å². The minimum Gasteiger partial charge on any atom is -0.481 e. The Labute approximate surface area is 150 Å². The fourth-order valence-electron chi connectivity index (χ4n) is 4.01. The molecular formula is C19H20FN3O3. The van der Waals surface area contributed by atoms with Gasteiger partial charge in [-0.25, -0.2) is 9.07 Å². The lowest BCUT2D eigenvalue weighted by molar-refractivity contribution is -0.142. The number of halogens is 1. The summed E-state index contributed by atoms with van der Waals surface area (Å²) in [5.74, 6) is -2.01. The third kappa shape index (κ3) is 2.67. The maximum atomic E-state index is 13.2. The van der Waals surface area contributed by atoms with Crippen LogP contribution in [0, 0.1) is 17.7 Å². The number of aromatic nitrogens is 2. The van der Waals surface area contributed by atoms with Crippen molar-refractivity contribution in [2.45, 2.75) is 26.2 Å². The van der Waals surface area contributed by atoms with Crippen molar-refractivity contribution in [2.75, 3.05) is 13.1 Å². The van der Waals surface area contributed by atoms with Crippen molar-refractivity contribution in [3.05, 3.63) is 47.0 Å². The summed E-state index contributed by atoms with van der Waals surface area (Å²) in [6, 6.07) is 6.04. The summed E-state index contributed by atoms with van der Waals surface area (Å²) in [7, 11) is 0. The van der Waals surface area contributed by atoms with Gasteiger partial charge in [0.15, 0.2) is 5.69 Å². The maximum Gasteiger partial charge on any atom is 0.308 e. The summed E-state index contributed by atoms with van der Waals surface area (Å²) in [5.41, 5.74) is 3.05. The number of aliphatic carboxylic acids is 1. The molecule has 1 N–H and O–H groups in total. The van der Waals surface area contributed by atoms with Crippen LogP contribution in [-0.2, 0) is 17.6 Å². The molecule has 0 spiro atoms. The monoisotopic (exact) mass is 357 g/mol. The summed E-state index contributed by atoms with van der Waals surface area (Å²) in [6.07, 6.45) is 2.55. The van der Waals surface area contributed by atoms with E-state index in [4.69, 9.17) is 0 Å². The molecule has 1 aromatic carbocycles. The first kappa shape index (κ1) is 16.8. The number of carboxylic acids is 1. The molecular weight excluding hydrogens is 337 g/mol. The van der Waals surface area contributed by atoms with Crippen LogP contribution in [0.15, 0.2) is 24.3 Å². The summed E-state index contributed by atoms with van der Waals surface area (Å²) < 4.78 is 14.9. The molecule has 1 fully saturated rings. The predicted octanol–water partition coefficient (Wildman–Crippen LogP) is 2.29. The van der Waals surface area contributed by atoms with E-state index in [1.54, 1.807) is 21.7 Å². The van der Waals surface area contributed by atoms with Crippen LogP contribution in [0.4, 0.5) is 4.39 Å². The van der Waals surface area contributed by atoms with E-state index in [1.165, 1.54) is 12.1 Å². The molecule has 1 amide bonds. The Bertz CT molecular complexity index is 875. The van der Waals surface area contributed by atoms with Crippen LogP contribution in [0.25, 0.3) is 5.69 Å². The number of hydrogen-bond donors (Lipinski definition) is 1.